The van der Waals surface area contributed by atoms with Crippen LogP contribution in [-0.2, 0) is 0 Å². The van der Waals surface area contributed by atoms with E-state index in [4.69, 9.17) is 9.98 Å². The van der Waals surface area contributed by atoms with Crippen molar-refractivity contribution in [3.8, 4) is 0 Å². The first-order valence-electron chi connectivity index (χ1n) is 22.0. The van der Waals surface area contributed by atoms with E-state index in [1.807, 2.05) is 0 Å². The predicted molar refractivity (Wildman–Crippen MR) is 257 cm³/mol. The Kier molecular flexibility index (Phi) is 16.9. The molecule has 0 spiro atoms. The van der Waals surface area contributed by atoms with E-state index < -0.39 is 6.37 Å². The molecule has 0 amide bonds. The van der Waals surface area contributed by atoms with Gasteiger partial charge in [-0.1, -0.05) is 139 Å². The third-order valence-corrected chi connectivity index (χ3v) is 24.8. The van der Waals surface area contributed by atoms with E-state index in [0.717, 1.165) is 77.3 Å². The summed E-state index contributed by atoms with van der Waals surface area (Å²) in [5.74, 6) is 7.04. The van der Waals surface area contributed by atoms with Crippen molar-refractivity contribution in [3.05, 3.63) is 96.1 Å². The summed E-state index contributed by atoms with van der Waals surface area (Å²) in [6.07, 6.45) is 1.13. The lowest BCUT2D eigenvalue weighted by atomic mass is 9.93. The van der Waals surface area contributed by atoms with E-state index in [9.17, 15) is 0 Å². The highest BCUT2D eigenvalue weighted by Crippen LogP contribution is 2.43. The molecule has 4 aromatic rings. The third-order valence-electron chi connectivity index (χ3n) is 11.9. The third kappa shape index (κ3) is 12.1. The van der Waals surface area contributed by atoms with Crippen LogP contribution in [0.3, 0.4) is 0 Å². The molecule has 2 atom stereocenters. The molecule has 0 aromatic heterocycles. The largest absolute Gasteiger partial charge is 0.357 e. The zero-order valence-electron chi connectivity index (χ0n) is 35.8. The number of hydrogen-bond acceptors (Lipinski definition) is 8. The number of benzene rings is 4. The Labute approximate surface area is 353 Å². The highest BCUT2D eigenvalue weighted by atomic mass is 32.6. The first-order chi connectivity index (χ1) is 27.7. The van der Waals surface area contributed by atoms with Gasteiger partial charge in [0.2, 0.25) is 0 Å². The van der Waals surface area contributed by atoms with Crippen LogP contribution in [0.4, 0.5) is 0 Å². The second-order valence-corrected chi connectivity index (χ2v) is 28.4. The first kappa shape index (κ1) is 43.7. The van der Waals surface area contributed by atoms with Crippen LogP contribution in [0.5, 0.6) is 0 Å². The average Bonchev–Trinajstić information content (AvgIpc) is 3.90. The van der Waals surface area contributed by atoms with Crippen molar-refractivity contribution in [2.75, 3.05) is 77.0 Å². The van der Waals surface area contributed by atoms with Gasteiger partial charge in [-0.05, 0) is 56.6 Å². The van der Waals surface area contributed by atoms with Crippen LogP contribution in [0.25, 0.3) is 21.5 Å². The smallest absolute Gasteiger partial charge is 0.176 e. The van der Waals surface area contributed by atoms with Gasteiger partial charge in [-0.15, -0.1) is 0 Å². The van der Waals surface area contributed by atoms with Crippen LogP contribution < -0.4 is 10.6 Å². The van der Waals surface area contributed by atoms with Crippen molar-refractivity contribution in [3.63, 3.8) is 0 Å². The Balaban J connectivity index is 0.956. The van der Waals surface area contributed by atoms with Crippen LogP contribution in [0, 0.1) is 11.8 Å². The van der Waals surface area contributed by atoms with Crippen LogP contribution in [0.1, 0.15) is 77.3 Å². The fourth-order valence-corrected chi connectivity index (χ4v) is 21.2. The lowest BCUT2D eigenvalue weighted by Crippen LogP contribution is -2.38. The van der Waals surface area contributed by atoms with Gasteiger partial charge in [0.05, 0.1) is 13.1 Å². The summed E-state index contributed by atoms with van der Waals surface area (Å²) in [7, 11) is 0. The monoisotopic (exact) mass is 822 g/mol. The molecule has 2 aliphatic heterocycles. The summed E-state index contributed by atoms with van der Waals surface area (Å²) in [5.41, 5.74) is 2.77. The van der Waals surface area contributed by atoms with Gasteiger partial charge < -0.3 is 20.4 Å². The quantitative estimate of drug-likeness (QED) is 0.0542. The summed E-state index contributed by atoms with van der Waals surface area (Å²) in [4.78, 5) is 15.1. The number of rotatable bonds is 24. The number of nitrogens with zero attached hydrogens (tertiary/aromatic N) is 4. The number of amidine groups is 2. The van der Waals surface area contributed by atoms with Crippen LogP contribution in [-0.4, -0.2) is 105 Å². The van der Waals surface area contributed by atoms with Crippen LogP contribution in [0.2, 0.25) is 12.1 Å². The second-order valence-electron chi connectivity index (χ2n) is 17.0. The lowest BCUT2D eigenvalue weighted by molar-refractivity contribution is 0.436. The van der Waals surface area contributed by atoms with E-state index in [2.05, 4.69) is 169 Å². The van der Waals surface area contributed by atoms with Gasteiger partial charge in [0.1, 0.15) is 11.7 Å². The van der Waals surface area contributed by atoms with Gasteiger partial charge in [-0.3, -0.25) is 9.98 Å². The number of nitrogens with one attached hydrogen (secondary N) is 2. The topological polar surface area (TPSA) is 55.3 Å². The molecule has 0 radical (unpaired) electrons. The highest BCUT2D eigenvalue weighted by Gasteiger charge is 2.34. The Hall–Kier alpha value is -2.82. The van der Waals surface area contributed by atoms with Crippen LogP contribution >= 0.6 is 22.4 Å². The Morgan fingerprint density at radius 3 is 1.42 bits per heavy atom. The van der Waals surface area contributed by atoms with E-state index >= 15 is 0 Å². The molecule has 0 saturated carbocycles. The van der Waals surface area contributed by atoms with Crippen molar-refractivity contribution in [1.29, 1.82) is 0 Å². The molecule has 0 bridgehead atoms. The van der Waals surface area contributed by atoms with Crippen molar-refractivity contribution in [2.24, 2.45) is 21.8 Å². The minimum Gasteiger partial charge on any atom is -0.357 e. The molecule has 0 fully saturated rings. The van der Waals surface area contributed by atoms with Gasteiger partial charge in [0.15, 0.2) is 6.37 Å². The van der Waals surface area contributed by atoms with Gasteiger partial charge in [-0.25, -0.2) is 0 Å². The van der Waals surface area contributed by atoms with Crippen molar-refractivity contribution >= 4 is 62.0 Å². The van der Waals surface area contributed by atoms with E-state index in [1.54, 1.807) is 0 Å². The molecule has 2 N–H and O–H groups in total. The van der Waals surface area contributed by atoms with E-state index in [1.165, 1.54) is 80.8 Å². The second kappa shape index (κ2) is 22.0. The normalized spacial score (nSPS) is 16.0. The van der Waals surface area contributed by atoms with Gasteiger partial charge in [-0.2, -0.15) is 22.4 Å². The molecule has 6 rings (SSSR count). The molecule has 0 saturated heterocycles. The summed E-state index contributed by atoms with van der Waals surface area (Å²) >= 11 is 4.75. The van der Waals surface area contributed by atoms with E-state index in [-0.39, 0.29) is 0 Å². The Morgan fingerprint density at radius 2 is 0.982 bits per heavy atom. The molecule has 9 heteroatoms. The molecule has 2 aliphatic rings. The van der Waals surface area contributed by atoms with Crippen LogP contribution in [0.15, 0.2) is 94.9 Å². The molecule has 4 aromatic carbocycles. The number of aliphatic imine (C=N–C) groups is 2. The van der Waals surface area contributed by atoms with Crippen molar-refractivity contribution < 1.29 is 0 Å². The molecular formula is C48H70N6S2Si. The maximum atomic E-state index is 5.02. The molecule has 308 valence electrons. The standard InChI is InChI=1S/C48H70N6S2Si/c1-37(2)21-35-57(36-22-38(3)4,55-33-27-49-23-29-53-31-25-51-47(53)39(5)43-19-11-15-41-13-7-9-17-45(41)43)56-34-28-50-24-30-54-32-26-52-48(54)40(6)44-20-12-16-42-14-8-10-18-46(42)44/h7-20,37-40,49-50H,21-36H2,1-6H3. The molecule has 0 aliphatic carbocycles. The van der Waals surface area contributed by atoms with Gasteiger partial charge in [0, 0.05) is 75.7 Å². The van der Waals surface area contributed by atoms with Gasteiger partial charge >= 0.3 is 0 Å². The zero-order valence-corrected chi connectivity index (χ0v) is 38.4. The Morgan fingerprint density at radius 1 is 0.561 bits per heavy atom. The van der Waals surface area contributed by atoms with Crippen molar-refractivity contribution in [2.45, 2.75) is 78.3 Å². The highest BCUT2D eigenvalue weighted by molar-refractivity contribution is 8.58. The lowest BCUT2D eigenvalue weighted by Gasteiger charge is -2.32. The summed E-state index contributed by atoms with van der Waals surface area (Å²) in [6.45, 7) is 24.4. The minimum absolute atomic E-state index is 0.296. The number of fused-ring (bicyclic) bond motifs is 2. The Bertz CT molecular complexity index is 1760. The molecule has 2 heterocycles. The zero-order chi connectivity index (χ0) is 40.0. The van der Waals surface area contributed by atoms with Crippen molar-refractivity contribution in [1.82, 2.24) is 20.4 Å². The maximum Gasteiger partial charge on any atom is 0.176 e. The minimum atomic E-state index is -1.57. The first-order valence-corrected chi connectivity index (χ1v) is 27.8. The number of hydrogen-bond donors (Lipinski definition) is 2. The maximum absolute atomic E-state index is 5.02. The molecule has 2 unspecified atom stereocenters. The summed E-state index contributed by atoms with van der Waals surface area (Å²) in [5, 5.41) is 13.0. The molecular weight excluding hydrogens is 753 g/mol. The fraction of sp³-hybridized carbons (Fsp3) is 0.542. The molecule has 6 nitrogen and oxygen atoms in total. The summed E-state index contributed by atoms with van der Waals surface area (Å²) in [6, 6.07) is 33.8. The fourth-order valence-electron chi connectivity index (χ4n) is 8.58. The SMILES string of the molecule is CC(C)CC[Si](CCC(C)C)(SCCNCCN1CCN=C1C(C)c1cccc2ccccc12)SCCNCCN1CCN=C1C(C)c1cccc2ccccc12. The van der Waals surface area contributed by atoms with E-state index in [0.29, 0.717) is 11.8 Å². The molecule has 57 heavy (non-hydrogen) atoms. The van der Waals surface area contributed by atoms with Gasteiger partial charge in [0.25, 0.3) is 0 Å². The predicted octanol–water partition coefficient (Wildman–Crippen LogP) is 10.5. The average molecular weight is 823 g/mol. The summed E-state index contributed by atoms with van der Waals surface area (Å²) < 4.78 is 0.